The molecule has 0 aromatic carbocycles. The van der Waals surface area contributed by atoms with Crippen molar-refractivity contribution in [3.8, 4) is 6.07 Å². The number of rotatable bonds is 12. The molecule has 0 saturated carbocycles. The van der Waals surface area contributed by atoms with Crippen molar-refractivity contribution in [1.29, 1.82) is 5.26 Å². The topological polar surface area (TPSA) is 111 Å². The minimum atomic E-state index is -4.84. The summed E-state index contributed by atoms with van der Waals surface area (Å²) in [5.74, 6) is 0.763. The molecule has 0 N–H and O–H groups in total. The number of hydrogen-bond donors (Lipinski definition) is 0. The third-order valence-electron chi connectivity index (χ3n) is 8.29. The lowest BCUT2D eigenvalue weighted by Crippen LogP contribution is -2.51. The lowest BCUT2D eigenvalue weighted by atomic mass is 10.1. The number of anilines is 2. The fraction of sp³-hybridized carbons (Fsp3) is 0.633. The van der Waals surface area contributed by atoms with E-state index >= 15 is 0 Å². The molecule has 0 bridgehead atoms. The van der Waals surface area contributed by atoms with Gasteiger partial charge >= 0.3 is 6.18 Å². The largest absolute Gasteiger partial charge is 0.423 e. The fourth-order valence-corrected chi connectivity index (χ4v) is 6.40. The summed E-state index contributed by atoms with van der Waals surface area (Å²) in [6, 6.07) is 6.20. The van der Waals surface area contributed by atoms with Gasteiger partial charge in [-0.25, -0.2) is 9.67 Å². The predicted molar refractivity (Wildman–Crippen MR) is 168 cm³/mol. The van der Waals surface area contributed by atoms with Gasteiger partial charge in [-0.2, -0.15) is 23.5 Å². The summed E-state index contributed by atoms with van der Waals surface area (Å²) < 4.78 is 48.9. The van der Waals surface area contributed by atoms with Crippen LogP contribution in [-0.2, 0) is 22.4 Å². The van der Waals surface area contributed by atoms with Crippen LogP contribution in [0.25, 0.3) is 0 Å². The Morgan fingerprint density at radius 2 is 1.89 bits per heavy atom. The van der Waals surface area contributed by atoms with Crippen LogP contribution < -0.4 is 15.4 Å². The molecule has 15 heteroatoms. The van der Waals surface area contributed by atoms with Gasteiger partial charge in [-0.3, -0.25) is 14.5 Å². The van der Waals surface area contributed by atoms with E-state index in [2.05, 4.69) is 40.7 Å². The number of carbonyl (C=O) groups excluding carboxylic acids is 1. The zero-order chi connectivity index (χ0) is 32.8. The fourth-order valence-electron chi connectivity index (χ4n) is 5.64. The molecule has 0 aliphatic carbocycles. The summed E-state index contributed by atoms with van der Waals surface area (Å²) in [4.78, 5) is 37.7. The van der Waals surface area contributed by atoms with Crippen LogP contribution in [0, 0.1) is 11.3 Å². The number of pyridine rings is 1. The predicted octanol–water partition coefficient (Wildman–Crippen LogP) is 3.48. The Kier molecular flexibility index (Phi) is 11.3. The van der Waals surface area contributed by atoms with Gasteiger partial charge in [0.2, 0.25) is 5.91 Å². The molecule has 2 aromatic rings. The van der Waals surface area contributed by atoms with Gasteiger partial charge in [0.1, 0.15) is 24.2 Å². The number of ether oxygens (including phenoxy) is 1. The van der Waals surface area contributed by atoms with Crippen LogP contribution in [0.4, 0.5) is 24.7 Å². The Balaban J connectivity index is 1.31. The molecule has 45 heavy (non-hydrogen) atoms. The maximum atomic E-state index is 14.2. The number of alkyl halides is 3. The average molecular weight is 649 g/mol. The van der Waals surface area contributed by atoms with Crippen LogP contribution in [-0.4, -0.2) is 104 Å². The monoisotopic (exact) mass is 648 g/mol. The smallest absolute Gasteiger partial charge is 0.367 e. The Morgan fingerprint density at radius 1 is 1.16 bits per heavy atom. The Hall–Kier alpha value is -3.48. The first-order chi connectivity index (χ1) is 21.3. The maximum Gasteiger partial charge on any atom is 0.423 e. The zero-order valence-electron chi connectivity index (χ0n) is 26.5. The molecule has 2 saturated heterocycles. The number of carbonyl (C=O) groups is 1. The van der Waals surface area contributed by atoms with Crippen LogP contribution in [0.1, 0.15) is 30.4 Å². The molecule has 2 fully saturated rings. The molecular formula is C30H43F3N8O3Si. The SMILES string of the molecule is CN(CC[C@@H]1CCCN1c1cnn(COCC[Si](C)(C)C)c(=O)c1C(F)(F)F)CC(=O)N1CCN(c2ccc(C#N)cn2)CC1. The summed E-state index contributed by atoms with van der Waals surface area (Å²) in [5, 5.41) is 13.0. The Labute approximate surface area is 263 Å². The first kappa shape index (κ1) is 34.4. The molecule has 2 aliphatic heterocycles. The number of nitriles is 1. The van der Waals surface area contributed by atoms with Gasteiger partial charge in [0.15, 0.2) is 0 Å². The van der Waals surface area contributed by atoms with Crippen LogP contribution in [0.15, 0.2) is 29.3 Å². The summed E-state index contributed by atoms with van der Waals surface area (Å²) in [5.41, 5.74) is -2.11. The summed E-state index contributed by atoms with van der Waals surface area (Å²) in [6.45, 7) is 10.0. The highest BCUT2D eigenvalue weighted by Gasteiger charge is 2.41. The van der Waals surface area contributed by atoms with Crippen molar-refractivity contribution in [2.24, 2.45) is 0 Å². The molecule has 11 nitrogen and oxygen atoms in total. The second-order valence-electron chi connectivity index (χ2n) is 13.0. The second-order valence-corrected chi connectivity index (χ2v) is 18.6. The Bertz CT molecular complexity index is 1400. The van der Waals surface area contributed by atoms with Crippen molar-refractivity contribution >= 4 is 25.5 Å². The van der Waals surface area contributed by atoms with E-state index in [1.807, 2.05) is 16.8 Å². The van der Waals surface area contributed by atoms with Gasteiger partial charge in [-0.1, -0.05) is 19.6 Å². The van der Waals surface area contributed by atoms with Crippen LogP contribution in [0.3, 0.4) is 0 Å². The van der Waals surface area contributed by atoms with Gasteiger partial charge in [0.05, 0.1) is 24.0 Å². The summed E-state index contributed by atoms with van der Waals surface area (Å²) in [7, 11) is 0.443. The number of likely N-dealkylation sites (N-methyl/N-ethyl adjacent to an activating group) is 1. The van der Waals surface area contributed by atoms with E-state index < -0.39 is 25.4 Å². The van der Waals surface area contributed by atoms with Crippen molar-refractivity contribution in [3.05, 3.63) is 46.0 Å². The highest BCUT2D eigenvalue weighted by molar-refractivity contribution is 6.76. The molecule has 246 valence electrons. The van der Waals surface area contributed by atoms with Gasteiger partial charge in [-0.15, -0.1) is 0 Å². The quantitative estimate of drug-likeness (QED) is 0.252. The molecule has 2 aromatic heterocycles. The number of halogens is 3. The molecule has 0 unspecified atom stereocenters. The zero-order valence-corrected chi connectivity index (χ0v) is 27.5. The van der Waals surface area contributed by atoms with E-state index in [9.17, 15) is 22.8 Å². The number of aromatic nitrogens is 3. The Morgan fingerprint density at radius 3 is 2.51 bits per heavy atom. The van der Waals surface area contributed by atoms with Crippen molar-refractivity contribution in [2.45, 2.75) is 63.9 Å². The highest BCUT2D eigenvalue weighted by atomic mass is 28.3. The van der Waals surface area contributed by atoms with Crippen molar-refractivity contribution in [2.75, 3.05) is 69.3 Å². The van der Waals surface area contributed by atoms with Gasteiger partial charge in [0.25, 0.3) is 5.56 Å². The summed E-state index contributed by atoms with van der Waals surface area (Å²) in [6.07, 6.45) is -0.231. The first-order valence-corrected chi connectivity index (χ1v) is 19.1. The molecule has 2 aliphatic rings. The van der Waals surface area contributed by atoms with E-state index in [0.717, 1.165) is 22.7 Å². The lowest BCUT2D eigenvalue weighted by molar-refractivity contribution is -0.139. The second kappa shape index (κ2) is 14.7. The van der Waals surface area contributed by atoms with E-state index in [1.54, 1.807) is 17.0 Å². The number of nitrogens with zero attached hydrogens (tertiary/aromatic N) is 8. The molecule has 1 amide bonds. The van der Waals surface area contributed by atoms with E-state index in [4.69, 9.17) is 10.00 Å². The van der Waals surface area contributed by atoms with E-state index in [0.29, 0.717) is 70.7 Å². The highest BCUT2D eigenvalue weighted by Crippen LogP contribution is 2.37. The molecule has 0 radical (unpaired) electrons. The van der Waals surface area contributed by atoms with Crippen LogP contribution in [0.2, 0.25) is 25.7 Å². The third kappa shape index (κ3) is 9.27. The van der Waals surface area contributed by atoms with Gasteiger partial charge in [-0.05, 0) is 44.5 Å². The molecule has 0 spiro atoms. The molecule has 1 atom stereocenters. The average Bonchev–Trinajstić information content (AvgIpc) is 3.46. The minimum Gasteiger partial charge on any atom is -0.367 e. The first-order valence-electron chi connectivity index (χ1n) is 15.4. The van der Waals surface area contributed by atoms with Crippen LogP contribution in [0.5, 0.6) is 0 Å². The normalized spacial score (nSPS) is 17.7. The number of amides is 1. The van der Waals surface area contributed by atoms with E-state index in [1.165, 1.54) is 6.20 Å². The molecule has 4 heterocycles. The lowest BCUT2D eigenvalue weighted by Gasteiger charge is -2.36. The van der Waals surface area contributed by atoms with Crippen molar-refractivity contribution in [3.63, 3.8) is 0 Å². The number of piperazine rings is 1. The van der Waals surface area contributed by atoms with E-state index in [-0.39, 0.29) is 30.9 Å². The molecule has 4 rings (SSSR count). The molecular weight excluding hydrogens is 605 g/mol. The van der Waals surface area contributed by atoms with Crippen molar-refractivity contribution in [1.82, 2.24) is 24.6 Å². The third-order valence-corrected chi connectivity index (χ3v) is 9.99. The summed E-state index contributed by atoms with van der Waals surface area (Å²) >= 11 is 0. The van der Waals surface area contributed by atoms with Gasteiger partial charge in [0, 0.05) is 66.2 Å². The number of hydrogen-bond acceptors (Lipinski definition) is 9. The standard InChI is InChI=1S/C30H43F3N8O3Si/c1-37(21-27(42)39-14-12-38(13-15-39)26-8-7-23(18-34)19-35-26)11-9-24-6-5-10-40(24)25-20-36-41(22-44-16-17-45(2,3)4)29(43)28(25)30(31,32)33/h7-8,19-20,24H,5-6,9-17,21-22H2,1-4H3/t24-/m0/s1. The van der Waals surface area contributed by atoms with Crippen molar-refractivity contribution < 1.29 is 22.7 Å². The maximum absolute atomic E-state index is 14.2. The van der Waals surface area contributed by atoms with Gasteiger partial charge < -0.3 is 19.4 Å². The minimum absolute atomic E-state index is 0.00699. The van der Waals surface area contributed by atoms with Crippen LogP contribution >= 0.6 is 0 Å².